The molecule has 1 fully saturated rings. The van der Waals surface area contributed by atoms with Crippen LogP contribution >= 0.6 is 0 Å². The SMILES string of the molecule is O=C(O)[C@]12CCCC[C@H]1CCc1ccccc12. The first kappa shape index (κ1) is 10.8. The molecule has 3 rings (SSSR count). The van der Waals surface area contributed by atoms with Gasteiger partial charge in [0.25, 0.3) is 0 Å². The van der Waals surface area contributed by atoms with E-state index in [1.54, 1.807) is 0 Å². The third-order valence-corrected chi connectivity index (χ3v) is 4.71. The quantitative estimate of drug-likeness (QED) is 0.804. The van der Waals surface area contributed by atoms with Gasteiger partial charge in [-0.15, -0.1) is 0 Å². The Labute approximate surface area is 102 Å². The Bertz CT molecular complexity index is 452. The number of carboxylic acid groups (broad SMARTS) is 1. The summed E-state index contributed by atoms with van der Waals surface area (Å²) in [4.78, 5) is 11.9. The summed E-state index contributed by atoms with van der Waals surface area (Å²) in [5.74, 6) is -0.252. The lowest BCUT2D eigenvalue weighted by Crippen LogP contribution is -2.48. The highest BCUT2D eigenvalue weighted by Crippen LogP contribution is 2.50. The van der Waals surface area contributed by atoms with E-state index in [1.807, 2.05) is 18.2 Å². The van der Waals surface area contributed by atoms with Gasteiger partial charge in [-0.05, 0) is 42.7 Å². The van der Waals surface area contributed by atoms with E-state index in [0.717, 1.165) is 37.7 Å². The Hall–Kier alpha value is -1.31. The van der Waals surface area contributed by atoms with Gasteiger partial charge in [-0.1, -0.05) is 37.1 Å². The zero-order valence-corrected chi connectivity index (χ0v) is 9.98. The number of aryl methyl sites for hydroxylation is 1. The summed E-state index contributed by atoms with van der Waals surface area (Å²) >= 11 is 0. The molecule has 0 aliphatic heterocycles. The molecule has 2 atom stereocenters. The van der Waals surface area contributed by atoms with Crippen LogP contribution in [0.2, 0.25) is 0 Å². The number of hydrogen-bond donors (Lipinski definition) is 1. The van der Waals surface area contributed by atoms with Crippen molar-refractivity contribution in [1.29, 1.82) is 0 Å². The van der Waals surface area contributed by atoms with Crippen LogP contribution in [0.1, 0.15) is 43.2 Å². The molecule has 0 saturated heterocycles. The van der Waals surface area contributed by atoms with Crippen molar-refractivity contribution in [1.82, 2.24) is 0 Å². The van der Waals surface area contributed by atoms with Crippen LogP contribution in [-0.2, 0) is 16.6 Å². The molecule has 0 spiro atoms. The average Bonchev–Trinajstić information content (AvgIpc) is 2.38. The molecule has 2 aliphatic rings. The summed E-state index contributed by atoms with van der Waals surface area (Å²) in [6.45, 7) is 0. The van der Waals surface area contributed by atoms with Crippen LogP contribution in [0.5, 0.6) is 0 Å². The lowest BCUT2D eigenvalue weighted by Gasteiger charge is -2.45. The number of carboxylic acids is 1. The molecule has 17 heavy (non-hydrogen) atoms. The van der Waals surface area contributed by atoms with Gasteiger partial charge in [0, 0.05) is 0 Å². The third-order valence-electron chi connectivity index (χ3n) is 4.71. The maximum Gasteiger partial charge on any atom is 0.314 e. The van der Waals surface area contributed by atoms with E-state index >= 15 is 0 Å². The van der Waals surface area contributed by atoms with Gasteiger partial charge in [0.15, 0.2) is 0 Å². The van der Waals surface area contributed by atoms with Crippen molar-refractivity contribution >= 4 is 5.97 Å². The summed E-state index contributed by atoms with van der Waals surface area (Å²) in [5.41, 5.74) is 1.78. The maximum absolute atomic E-state index is 11.9. The van der Waals surface area contributed by atoms with E-state index in [9.17, 15) is 9.90 Å². The van der Waals surface area contributed by atoms with Gasteiger partial charge in [0.2, 0.25) is 0 Å². The highest BCUT2D eigenvalue weighted by molar-refractivity contribution is 5.83. The molecule has 0 heterocycles. The van der Waals surface area contributed by atoms with Gasteiger partial charge in [0.05, 0.1) is 5.41 Å². The van der Waals surface area contributed by atoms with Crippen molar-refractivity contribution in [2.75, 3.05) is 0 Å². The van der Waals surface area contributed by atoms with Crippen LogP contribution in [0.15, 0.2) is 24.3 Å². The smallest absolute Gasteiger partial charge is 0.314 e. The van der Waals surface area contributed by atoms with E-state index in [4.69, 9.17) is 0 Å². The van der Waals surface area contributed by atoms with Gasteiger partial charge in [-0.2, -0.15) is 0 Å². The zero-order chi connectivity index (χ0) is 11.9. The van der Waals surface area contributed by atoms with Crippen LogP contribution < -0.4 is 0 Å². The van der Waals surface area contributed by atoms with E-state index in [2.05, 4.69) is 6.07 Å². The molecule has 0 amide bonds. The molecule has 1 aromatic rings. The average molecular weight is 230 g/mol. The minimum Gasteiger partial charge on any atom is -0.481 e. The summed E-state index contributed by atoms with van der Waals surface area (Å²) < 4.78 is 0. The van der Waals surface area contributed by atoms with E-state index < -0.39 is 11.4 Å². The first-order chi connectivity index (χ1) is 8.25. The molecule has 2 aliphatic carbocycles. The molecule has 0 aromatic heterocycles. The minimum absolute atomic E-state index is 0.351. The lowest BCUT2D eigenvalue weighted by atomic mass is 9.57. The largest absolute Gasteiger partial charge is 0.481 e. The van der Waals surface area contributed by atoms with Gasteiger partial charge >= 0.3 is 5.97 Å². The topological polar surface area (TPSA) is 37.3 Å². The van der Waals surface area contributed by atoms with Gasteiger partial charge in [-0.3, -0.25) is 4.79 Å². The van der Waals surface area contributed by atoms with Crippen LogP contribution in [-0.4, -0.2) is 11.1 Å². The van der Waals surface area contributed by atoms with Crippen molar-refractivity contribution in [2.45, 2.75) is 43.9 Å². The summed E-state index contributed by atoms with van der Waals surface area (Å²) in [6.07, 6.45) is 6.25. The minimum atomic E-state index is -0.602. The predicted molar refractivity (Wildman–Crippen MR) is 66.0 cm³/mol. The molecular weight excluding hydrogens is 212 g/mol. The Morgan fingerprint density at radius 3 is 2.88 bits per heavy atom. The van der Waals surface area contributed by atoms with Crippen molar-refractivity contribution in [2.24, 2.45) is 5.92 Å². The van der Waals surface area contributed by atoms with E-state index in [0.29, 0.717) is 5.92 Å². The Morgan fingerprint density at radius 1 is 1.24 bits per heavy atom. The van der Waals surface area contributed by atoms with Crippen molar-refractivity contribution in [3.63, 3.8) is 0 Å². The highest BCUT2D eigenvalue weighted by atomic mass is 16.4. The second-order valence-electron chi connectivity index (χ2n) is 5.42. The Balaban J connectivity index is 2.18. The summed E-state index contributed by atoms with van der Waals surface area (Å²) in [6, 6.07) is 8.16. The van der Waals surface area contributed by atoms with Crippen molar-refractivity contribution in [3.05, 3.63) is 35.4 Å². The summed E-state index contributed by atoms with van der Waals surface area (Å²) in [7, 11) is 0. The molecule has 1 N–H and O–H groups in total. The molecule has 1 aromatic carbocycles. The van der Waals surface area contributed by atoms with Crippen LogP contribution in [0.25, 0.3) is 0 Å². The fourth-order valence-corrected chi connectivity index (χ4v) is 3.89. The van der Waals surface area contributed by atoms with Crippen LogP contribution in [0.4, 0.5) is 0 Å². The van der Waals surface area contributed by atoms with Crippen LogP contribution in [0, 0.1) is 5.92 Å². The second kappa shape index (κ2) is 3.86. The van der Waals surface area contributed by atoms with E-state index in [1.165, 1.54) is 12.0 Å². The van der Waals surface area contributed by atoms with Crippen LogP contribution in [0.3, 0.4) is 0 Å². The lowest BCUT2D eigenvalue weighted by molar-refractivity contribution is -0.148. The molecular formula is C15H18O2. The van der Waals surface area contributed by atoms with Crippen molar-refractivity contribution in [3.8, 4) is 0 Å². The van der Waals surface area contributed by atoms with Gasteiger partial charge in [0.1, 0.15) is 0 Å². The molecule has 0 unspecified atom stereocenters. The first-order valence-electron chi connectivity index (χ1n) is 6.57. The monoisotopic (exact) mass is 230 g/mol. The number of aliphatic carboxylic acids is 1. The number of benzene rings is 1. The summed E-state index contributed by atoms with van der Waals surface area (Å²) in [5, 5.41) is 9.77. The molecule has 90 valence electrons. The molecule has 2 heteroatoms. The normalized spacial score (nSPS) is 31.4. The predicted octanol–water partition coefficient (Wildman–Crippen LogP) is 3.15. The molecule has 2 nitrogen and oxygen atoms in total. The first-order valence-corrected chi connectivity index (χ1v) is 6.57. The fourth-order valence-electron chi connectivity index (χ4n) is 3.89. The van der Waals surface area contributed by atoms with Crippen molar-refractivity contribution < 1.29 is 9.90 Å². The number of hydrogen-bond acceptors (Lipinski definition) is 1. The fraction of sp³-hybridized carbons (Fsp3) is 0.533. The van der Waals surface area contributed by atoms with E-state index in [-0.39, 0.29) is 0 Å². The third kappa shape index (κ3) is 1.43. The number of carbonyl (C=O) groups is 1. The Morgan fingerprint density at radius 2 is 2.06 bits per heavy atom. The standard InChI is InChI=1S/C15H18O2/c16-14(17)15-10-4-3-6-12(15)9-8-11-5-1-2-7-13(11)15/h1-2,5,7,12H,3-4,6,8-10H2,(H,16,17)/t12-,15+/m0/s1. The second-order valence-corrected chi connectivity index (χ2v) is 5.42. The number of rotatable bonds is 1. The maximum atomic E-state index is 11.9. The highest BCUT2D eigenvalue weighted by Gasteiger charge is 2.50. The molecule has 1 saturated carbocycles. The zero-order valence-electron chi connectivity index (χ0n) is 9.98. The van der Waals surface area contributed by atoms with Gasteiger partial charge in [-0.25, -0.2) is 0 Å². The molecule has 0 radical (unpaired) electrons. The number of fused-ring (bicyclic) bond motifs is 3. The van der Waals surface area contributed by atoms with Gasteiger partial charge < -0.3 is 5.11 Å². The Kier molecular flexibility index (Phi) is 2.46. The molecule has 0 bridgehead atoms.